The summed E-state index contributed by atoms with van der Waals surface area (Å²) in [6.45, 7) is 4.40. The van der Waals surface area contributed by atoms with Crippen molar-refractivity contribution >= 4 is 5.97 Å². The molecule has 1 fully saturated rings. The van der Waals surface area contributed by atoms with Crippen LogP contribution in [0, 0.1) is 11.8 Å². The van der Waals surface area contributed by atoms with Crippen LogP contribution in [0.5, 0.6) is 11.5 Å². The Morgan fingerprint density at radius 1 is 0.970 bits per heavy atom. The predicted octanol–water partition coefficient (Wildman–Crippen LogP) is 7.53. The fourth-order valence-electron chi connectivity index (χ4n) is 4.47. The lowest BCUT2D eigenvalue weighted by Gasteiger charge is -2.26. The molecular formula is C29H38O4. The highest BCUT2D eigenvalue weighted by Crippen LogP contribution is 2.32. The van der Waals surface area contributed by atoms with Crippen LogP contribution in [0.3, 0.4) is 0 Å². The van der Waals surface area contributed by atoms with Crippen LogP contribution in [0.4, 0.5) is 0 Å². The van der Waals surface area contributed by atoms with Crippen molar-refractivity contribution in [1.29, 1.82) is 0 Å². The van der Waals surface area contributed by atoms with Crippen LogP contribution >= 0.6 is 0 Å². The van der Waals surface area contributed by atoms with Crippen LogP contribution in [0.15, 0.2) is 60.7 Å². The molecule has 0 spiro atoms. The molecule has 1 N–H and O–H groups in total. The van der Waals surface area contributed by atoms with Gasteiger partial charge in [-0.15, -0.1) is 0 Å². The quantitative estimate of drug-likeness (QED) is 0.268. The normalized spacial score (nSPS) is 19.3. The molecule has 0 aromatic heterocycles. The molecule has 2 aromatic rings. The van der Waals surface area contributed by atoms with E-state index in [0.29, 0.717) is 18.3 Å². The number of ether oxygens (including phenoxy) is 2. The van der Waals surface area contributed by atoms with E-state index in [4.69, 9.17) is 14.6 Å². The van der Waals surface area contributed by atoms with Crippen molar-refractivity contribution in [2.75, 3.05) is 6.61 Å². The number of carbonyl (C=O) groups is 1. The first kappa shape index (κ1) is 24.9. The molecule has 33 heavy (non-hydrogen) atoms. The zero-order chi connectivity index (χ0) is 23.5. The molecule has 0 saturated heterocycles. The first-order valence-corrected chi connectivity index (χ1v) is 12.4. The molecule has 0 amide bonds. The van der Waals surface area contributed by atoms with Gasteiger partial charge in [-0.3, -0.25) is 0 Å². The Morgan fingerprint density at radius 3 is 2.15 bits per heavy atom. The Kier molecular flexibility index (Phi) is 9.86. The number of benzene rings is 2. The second-order valence-electron chi connectivity index (χ2n) is 9.16. The van der Waals surface area contributed by atoms with Crippen LogP contribution in [0.2, 0.25) is 0 Å². The second kappa shape index (κ2) is 13.1. The summed E-state index contributed by atoms with van der Waals surface area (Å²) in [5.41, 5.74) is 2.12. The van der Waals surface area contributed by atoms with Gasteiger partial charge in [0.05, 0.1) is 0 Å². The lowest BCUT2D eigenvalue weighted by Crippen LogP contribution is -2.22. The summed E-state index contributed by atoms with van der Waals surface area (Å²) in [4.78, 5) is 10.9. The van der Waals surface area contributed by atoms with Crippen molar-refractivity contribution < 1.29 is 19.4 Å². The molecule has 0 unspecified atom stereocenters. The first-order valence-electron chi connectivity index (χ1n) is 12.4. The first-order chi connectivity index (χ1) is 16.0. The van der Waals surface area contributed by atoms with E-state index < -0.39 is 12.1 Å². The van der Waals surface area contributed by atoms with Gasteiger partial charge in [0.2, 0.25) is 0 Å². The minimum absolute atomic E-state index is 0.547. The van der Waals surface area contributed by atoms with Crippen LogP contribution in [0.1, 0.15) is 65.2 Å². The zero-order valence-electron chi connectivity index (χ0n) is 20.0. The third-order valence-corrected chi connectivity index (χ3v) is 6.56. The molecule has 4 heteroatoms. The molecule has 0 heterocycles. The third kappa shape index (κ3) is 8.27. The molecular weight excluding hydrogens is 412 g/mol. The topological polar surface area (TPSA) is 55.8 Å². The molecule has 1 saturated carbocycles. The van der Waals surface area contributed by atoms with E-state index in [1.54, 1.807) is 12.1 Å². The molecule has 1 atom stereocenters. The van der Waals surface area contributed by atoms with Crippen molar-refractivity contribution in [3.63, 3.8) is 0 Å². The fraction of sp³-hybridized carbons (Fsp3) is 0.483. The Morgan fingerprint density at radius 2 is 1.58 bits per heavy atom. The summed E-state index contributed by atoms with van der Waals surface area (Å²) < 4.78 is 11.3. The van der Waals surface area contributed by atoms with Crippen molar-refractivity contribution in [2.45, 2.75) is 71.3 Å². The van der Waals surface area contributed by atoms with Crippen LogP contribution in [-0.4, -0.2) is 23.8 Å². The van der Waals surface area contributed by atoms with Gasteiger partial charge in [0, 0.05) is 0 Å². The average Bonchev–Trinajstić information content (AvgIpc) is 2.84. The van der Waals surface area contributed by atoms with Gasteiger partial charge in [-0.05, 0) is 79.8 Å². The molecule has 0 radical (unpaired) electrons. The number of allylic oxidation sites excluding steroid dienone is 1. The van der Waals surface area contributed by atoms with Gasteiger partial charge >= 0.3 is 5.97 Å². The van der Waals surface area contributed by atoms with Gasteiger partial charge < -0.3 is 14.6 Å². The Bertz CT molecular complexity index is 861. The number of aliphatic carboxylic acids is 1. The number of hydrogen-bond acceptors (Lipinski definition) is 3. The molecule has 3 rings (SSSR count). The van der Waals surface area contributed by atoms with Gasteiger partial charge in [-0.1, -0.05) is 69.0 Å². The lowest BCUT2D eigenvalue weighted by atomic mass is 9.79. The summed E-state index contributed by atoms with van der Waals surface area (Å²) in [6.07, 6.45) is 14.6. The minimum atomic E-state index is -0.977. The third-order valence-electron chi connectivity index (χ3n) is 6.56. The van der Waals surface area contributed by atoms with Gasteiger partial charge in [0.25, 0.3) is 0 Å². The fourth-order valence-corrected chi connectivity index (χ4v) is 4.47. The number of hydrogen-bond donors (Lipinski definition) is 1. The SMILES string of the molecule is CCCCC[C@H]1CC[C@H](/C=C/COc2ccc(-c3ccc(O[C@H](C)C(=O)O)cc3)cc2)CC1. The van der Waals surface area contributed by atoms with Gasteiger partial charge in [0.15, 0.2) is 6.10 Å². The molecule has 0 bridgehead atoms. The number of carboxylic acids is 1. The average molecular weight is 451 g/mol. The lowest BCUT2D eigenvalue weighted by molar-refractivity contribution is -0.144. The maximum absolute atomic E-state index is 10.9. The Labute approximate surface area is 198 Å². The van der Waals surface area contributed by atoms with Crippen molar-refractivity contribution in [3.8, 4) is 22.6 Å². The number of rotatable bonds is 12. The molecule has 1 aliphatic carbocycles. The van der Waals surface area contributed by atoms with E-state index in [2.05, 4.69) is 19.1 Å². The van der Waals surface area contributed by atoms with E-state index >= 15 is 0 Å². The smallest absolute Gasteiger partial charge is 0.344 e. The van der Waals surface area contributed by atoms with Crippen LogP contribution in [0.25, 0.3) is 11.1 Å². The summed E-state index contributed by atoms with van der Waals surface area (Å²) in [7, 11) is 0. The summed E-state index contributed by atoms with van der Waals surface area (Å²) >= 11 is 0. The summed E-state index contributed by atoms with van der Waals surface area (Å²) in [6, 6.07) is 15.5. The monoisotopic (exact) mass is 450 g/mol. The molecule has 1 aliphatic rings. The predicted molar refractivity (Wildman–Crippen MR) is 134 cm³/mol. The highest BCUT2D eigenvalue weighted by molar-refractivity contribution is 5.72. The van der Waals surface area contributed by atoms with Gasteiger partial charge in [-0.2, -0.15) is 0 Å². The van der Waals surface area contributed by atoms with Crippen molar-refractivity contribution in [3.05, 3.63) is 60.7 Å². The maximum Gasteiger partial charge on any atom is 0.344 e. The largest absolute Gasteiger partial charge is 0.490 e. The van der Waals surface area contributed by atoms with Crippen LogP contribution < -0.4 is 9.47 Å². The molecule has 4 nitrogen and oxygen atoms in total. The number of carboxylic acid groups (broad SMARTS) is 1. The highest BCUT2D eigenvalue weighted by atomic mass is 16.5. The Balaban J connectivity index is 1.40. The van der Waals surface area contributed by atoms with E-state index in [9.17, 15) is 4.79 Å². The van der Waals surface area contributed by atoms with Crippen molar-refractivity contribution in [1.82, 2.24) is 0 Å². The van der Waals surface area contributed by atoms with E-state index in [1.807, 2.05) is 36.4 Å². The van der Waals surface area contributed by atoms with E-state index in [1.165, 1.54) is 58.3 Å². The molecule has 0 aliphatic heterocycles. The van der Waals surface area contributed by atoms with Crippen molar-refractivity contribution in [2.24, 2.45) is 11.8 Å². The summed E-state index contributed by atoms with van der Waals surface area (Å²) in [5, 5.41) is 8.95. The highest BCUT2D eigenvalue weighted by Gasteiger charge is 2.18. The standard InChI is InChI=1S/C29H38O4/c1-3-4-5-7-23-9-11-24(12-10-23)8-6-21-32-27-17-13-25(14-18-27)26-15-19-28(20-16-26)33-22(2)29(30)31/h6,8,13-20,22-24H,3-5,7,9-12,21H2,1-2H3,(H,30,31)/b8-6+/t22-,23-,24-/m1/s1. The van der Waals surface area contributed by atoms with E-state index in [0.717, 1.165) is 22.8 Å². The van der Waals surface area contributed by atoms with E-state index in [-0.39, 0.29) is 0 Å². The summed E-state index contributed by atoms with van der Waals surface area (Å²) in [5.74, 6) is 2.09. The minimum Gasteiger partial charge on any atom is -0.490 e. The zero-order valence-corrected chi connectivity index (χ0v) is 20.0. The second-order valence-corrected chi connectivity index (χ2v) is 9.16. The number of unbranched alkanes of at least 4 members (excludes halogenated alkanes) is 2. The van der Waals surface area contributed by atoms with Crippen LogP contribution in [-0.2, 0) is 4.79 Å². The molecule has 2 aromatic carbocycles. The van der Waals surface area contributed by atoms with Gasteiger partial charge in [0.1, 0.15) is 18.1 Å². The Hall–Kier alpha value is -2.75. The maximum atomic E-state index is 10.9. The molecule has 178 valence electrons. The van der Waals surface area contributed by atoms with Gasteiger partial charge in [-0.25, -0.2) is 4.79 Å².